The van der Waals surface area contributed by atoms with Gasteiger partial charge in [-0.25, -0.2) is 17.5 Å². The molecule has 10 heteroatoms. The number of methoxy groups -OCH3 is 1. The summed E-state index contributed by atoms with van der Waals surface area (Å²) in [4.78, 5) is 28.8. The van der Waals surface area contributed by atoms with E-state index in [4.69, 9.17) is 4.74 Å². The van der Waals surface area contributed by atoms with E-state index in [0.29, 0.717) is 23.4 Å². The van der Waals surface area contributed by atoms with Crippen LogP contribution in [0.1, 0.15) is 22.8 Å². The number of piperazine rings is 1. The summed E-state index contributed by atoms with van der Waals surface area (Å²) in [6.07, 6.45) is 0. The van der Waals surface area contributed by atoms with Crippen LogP contribution in [0.4, 0.5) is 11.4 Å². The summed E-state index contributed by atoms with van der Waals surface area (Å²) in [5.41, 5.74) is 2.59. The summed E-state index contributed by atoms with van der Waals surface area (Å²) in [7, 11) is 0.716. The monoisotopic (exact) mass is 488 g/mol. The van der Waals surface area contributed by atoms with Crippen molar-refractivity contribution in [3.8, 4) is 0 Å². The quantitative estimate of drug-likeness (QED) is 0.597. The van der Waals surface area contributed by atoms with Crippen LogP contribution in [0.2, 0.25) is 0 Å². The van der Waals surface area contributed by atoms with Crippen molar-refractivity contribution in [1.29, 1.82) is 0 Å². The first kappa shape index (κ1) is 25.7. The number of nitrogens with zero attached hydrogens (tertiary/aromatic N) is 3. The first-order valence-corrected chi connectivity index (χ1v) is 12.5. The van der Waals surface area contributed by atoms with Crippen LogP contribution < -0.4 is 10.2 Å². The van der Waals surface area contributed by atoms with Crippen molar-refractivity contribution in [3.63, 3.8) is 0 Å². The van der Waals surface area contributed by atoms with Crippen molar-refractivity contribution in [2.24, 2.45) is 0 Å². The van der Waals surface area contributed by atoms with Crippen molar-refractivity contribution < 1.29 is 22.7 Å². The molecule has 34 heavy (non-hydrogen) atoms. The van der Waals surface area contributed by atoms with E-state index in [1.807, 2.05) is 12.1 Å². The second-order valence-electron chi connectivity index (χ2n) is 8.62. The third-order valence-corrected chi connectivity index (χ3v) is 7.95. The number of sulfonamides is 1. The zero-order valence-corrected chi connectivity index (χ0v) is 21.1. The van der Waals surface area contributed by atoms with Gasteiger partial charge < -0.3 is 15.0 Å². The van der Waals surface area contributed by atoms with E-state index >= 15 is 0 Å². The number of anilines is 2. The zero-order valence-electron chi connectivity index (χ0n) is 20.2. The Morgan fingerprint density at radius 1 is 1.12 bits per heavy atom. The van der Waals surface area contributed by atoms with Crippen LogP contribution in [0.25, 0.3) is 0 Å². The molecule has 184 valence electrons. The Labute approximate surface area is 201 Å². The van der Waals surface area contributed by atoms with Crippen molar-refractivity contribution >= 4 is 33.3 Å². The van der Waals surface area contributed by atoms with Crippen molar-refractivity contribution in [2.75, 3.05) is 57.6 Å². The van der Waals surface area contributed by atoms with E-state index in [-0.39, 0.29) is 29.4 Å². The summed E-state index contributed by atoms with van der Waals surface area (Å²) in [5.74, 6) is -0.560. The number of aryl methyl sites for hydroxylation is 1. The van der Waals surface area contributed by atoms with E-state index in [0.717, 1.165) is 23.1 Å². The lowest BCUT2D eigenvalue weighted by Crippen LogP contribution is -2.53. The fraction of sp³-hybridized carbons (Fsp3) is 0.417. The molecular weight excluding hydrogens is 456 g/mol. The molecular formula is C24H32N4O5S. The fourth-order valence-corrected chi connectivity index (χ4v) is 5.07. The molecule has 0 aliphatic carbocycles. The van der Waals surface area contributed by atoms with E-state index in [1.54, 1.807) is 31.2 Å². The number of ether oxygens (including phenoxy) is 1. The summed E-state index contributed by atoms with van der Waals surface area (Å²) in [5, 5.41) is 2.83. The molecule has 0 bridgehead atoms. The maximum Gasteiger partial charge on any atom is 0.337 e. The van der Waals surface area contributed by atoms with Gasteiger partial charge in [-0.3, -0.25) is 9.69 Å². The SMILES string of the molecule is COC(=O)c1ccc(N2CCN(CC(=O)Nc3ccc(C)c(S(=O)(=O)N(C)C)c3)C(C)C2)cc1. The maximum absolute atomic E-state index is 12.7. The predicted molar refractivity (Wildman–Crippen MR) is 132 cm³/mol. The normalized spacial score (nSPS) is 17.0. The van der Waals surface area contributed by atoms with Crippen LogP contribution in [0.15, 0.2) is 47.4 Å². The number of benzene rings is 2. The first-order chi connectivity index (χ1) is 16.0. The number of hydrogen-bond acceptors (Lipinski definition) is 7. The van der Waals surface area contributed by atoms with Gasteiger partial charge >= 0.3 is 5.97 Å². The molecule has 2 aromatic carbocycles. The summed E-state index contributed by atoms with van der Waals surface area (Å²) in [6, 6.07) is 12.3. The smallest absolute Gasteiger partial charge is 0.337 e. The number of carbonyl (C=O) groups is 2. The van der Waals surface area contributed by atoms with Gasteiger partial charge in [0.05, 0.1) is 24.1 Å². The standard InChI is InChI=1S/C24H32N4O5S/c1-17-6-9-20(14-22(17)34(31,32)26(3)4)25-23(29)16-27-12-13-28(15-18(27)2)21-10-7-19(8-11-21)24(30)33-5/h6-11,14,18H,12-13,15-16H2,1-5H3,(H,25,29). The van der Waals surface area contributed by atoms with Crippen LogP contribution in [-0.4, -0.2) is 82.9 Å². The van der Waals surface area contributed by atoms with Gasteiger partial charge in [-0.15, -0.1) is 0 Å². The van der Waals surface area contributed by atoms with E-state index in [1.165, 1.54) is 27.3 Å². The van der Waals surface area contributed by atoms with Crippen LogP contribution in [0, 0.1) is 6.92 Å². The minimum absolute atomic E-state index is 0.127. The minimum atomic E-state index is -3.60. The number of hydrogen-bond donors (Lipinski definition) is 1. The van der Waals surface area contributed by atoms with Crippen molar-refractivity contribution in [2.45, 2.75) is 24.8 Å². The number of carbonyl (C=O) groups excluding carboxylic acids is 2. The van der Waals surface area contributed by atoms with E-state index in [2.05, 4.69) is 22.0 Å². The number of nitrogens with one attached hydrogen (secondary N) is 1. The molecule has 1 unspecified atom stereocenters. The minimum Gasteiger partial charge on any atom is -0.465 e. The van der Waals surface area contributed by atoms with Crippen LogP contribution >= 0.6 is 0 Å². The second-order valence-corrected chi connectivity index (χ2v) is 10.7. The maximum atomic E-state index is 12.7. The predicted octanol–water partition coefficient (Wildman–Crippen LogP) is 2.18. The highest BCUT2D eigenvalue weighted by Gasteiger charge is 2.26. The highest BCUT2D eigenvalue weighted by Crippen LogP contribution is 2.23. The number of rotatable bonds is 7. The summed E-state index contributed by atoms with van der Waals surface area (Å²) >= 11 is 0. The molecule has 0 saturated carbocycles. The molecule has 1 aliphatic rings. The largest absolute Gasteiger partial charge is 0.465 e. The molecule has 1 N–H and O–H groups in total. The lowest BCUT2D eigenvalue weighted by atomic mass is 10.1. The topological polar surface area (TPSA) is 99.3 Å². The lowest BCUT2D eigenvalue weighted by molar-refractivity contribution is -0.117. The van der Waals surface area contributed by atoms with Gasteiger partial charge in [0.2, 0.25) is 15.9 Å². The molecule has 9 nitrogen and oxygen atoms in total. The van der Waals surface area contributed by atoms with Gasteiger partial charge in [0, 0.05) is 51.1 Å². The third-order valence-electron chi connectivity index (χ3n) is 6.00. The molecule has 0 spiro atoms. The summed E-state index contributed by atoms with van der Waals surface area (Å²) in [6.45, 7) is 6.18. The molecule has 1 fully saturated rings. The molecule has 2 aromatic rings. The molecule has 1 atom stereocenters. The Hall–Kier alpha value is -2.95. The molecule has 1 saturated heterocycles. The van der Waals surface area contributed by atoms with Crippen LogP contribution in [0.5, 0.6) is 0 Å². The zero-order chi connectivity index (χ0) is 25.0. The fourth-order valence-electron chi connectivity index (χ4n) is 3.93. The highest BCUT2D eigenvalue weighted by molar-refractivity contribution is 7.89. The molecule has 3 rings (SSSR count). The average molecular weight is 489 g/mol. The molecule has 0 radical (unpaired) electrons. The lowest BCUT2D eigenvalue weighted by Gasteiger charge is -2.40. The Bertz CT molecular complexity index is 1150. The van der Waals surface area contributed by atoms with E-state index < -0.39 is 10.0 Å². The molecule has 1 heterocycles. The highest BCUT2D eigenvalue weighted by atomic mass is 32.2. The number of esters is 1. The Balaban J connectivity index is 1.60. The Kier molecular flexibility index (Phi) is 7.96. The van der Waals surface area contributed by atoms with Crippen molar-refractivity contribution in [1.82, 2.24) is 9.21 Å². The van der Waals surface area contributed by atoms with Crippen LogP contribution in [-0.2, 0) is 19.6 Å². The summed E-state index contributed by atoms with van der Waals surface area (Å²) < 4.78 is 31.0. The number of amides is 1. The Morgan fingerprint density at radius 2 is 1.79 bits per heavy atom. The average Bonchev–Trinajstić information content (AvgIpc) is 2.81. The third kappa shape index (κ3) is 5.75. The van der Waals surface area contributed by atoms with Gasteiger partial charge in [-0.1, -0.05) is 6.07 Å². The Morgan fingerprint density at radius 3 is 2.38 bits per heavy atom. The molecule has 0 aromatic heterocycles. The second kappa shape index (κ2) is 10.5. The van der Waals surface area contributed by atoms with Gasteiger partial charge in [0.1, 0.15) is 0 Å². The van der Waals surface area contributed by atoms with Gasteiger partial charge in [-0.05, 0) is 55.8 Å². The molecule has 1 amide bonds. The molecule has 1 aliphatic heterocycles. The first-order valence-electron chi connectivity index (χ1n) is 11.0. The van der Waals surface area contributed by atoms with Gasteiger partial charge in [0.25, 0.3) is 0 Å². The van der Waals surface area contributed by atoms with Gasteiger partial charge in [-0.2, -0.15) is 0 Å². The van der Waals surface area contributed by atoms with Crippen molar-refractivity contribution in [3.05, 3.63) is 53.6 Å². The van der Waals surface area contributed by atoms with Crippen LogP contribution in [0.3, 0.4) is 0 Å². The van der Waals surface area contributed by atoms with E-state index in [9.17, 15) is 18.0 Å². The van der Waals surface area contributed by atoms with Gasteiger partial charge in [0.15, 0.2) is 0 Å².